The van der Waals surface area contributed by atoms with Gasteiger partial charge in [-0.2, -0.15) is 5.10 Å². The molecule has 0 atom stereocenters. The van der Waals surface area contributed by atoms with Crippen molar-refractivity contribution >= 4 is 22.5 Å². The van der Waals surface area contributed by atoms with E-state index in [0.29, 0.717) is 34.4 Å². The van der Waals surface area contributed by atoms with Crippen LogP contribution in [0.1, 0.15) is 23.0 Å². The van der Waals surface area contributed by atoms with Gasteiger partial charge in [-0.05, 0) is 19.9 Å². The van der Waals surface area contributed by atoms with Gasteiger partial charge in [0.25, 0.3) is 5.56 Å². The van der Waals surface area contributed by atoms with Gasteiger partial charge in [-0.3, -0.25) is 4.79 Å². The Morgan fingerprint density at radius 2 is 2.19 bits per heavy atom. The number of fused-ring (bicyclic) bond motifs is 3. The van der Waals surface area contributed by atoms with E-state index < -0.39 is 5.97 Å². The summed E-state index contributed by atoms with van der Waals surface area (Å²) in [6.07, 6.45) is 3.19. The van der Waals surface area contributed by atoms with E-state index in [2.05, 4.69) is 10.1 Å². The van der Waals surface area contributed by atoms with E-state index in [4.69, 9.17) is 4.74 Å². The first kappa shape index (κ1) is 13.3. The van der Waals surface area contributed by atoms with E-state index in [1.165, 1.54) is 17.8 Å². The van der Waals surface area contributed by atoms with Crippen LogP contribution < -0.4 is 5.56 Å². The maximum Gasteiger partial charge on any atom is 0.343 e. The molecular formula is C14H14N4O3. The molecule has 0 amide bonds. The molecule has 0 saturated heterocycles. The molecule has 108 valence electrons. The lowest BCUT2D eigenvalue weighted by Gasteiger charge is -2.05. The fourth-order valence-corrected chi connectivity index (χ4v) is 2.41. The summed E-state index contributed by atoms with van der Waals surface area (Å²) < 4.78 is 7.86. The maximum atomic E-state index is 12.3. The molecule has 0 aromatic carbocycles. The third kappa shape index (κ3) is 1.81. The Labute approximate surface area is 119 Å². The smallest absolute Gasteiger partial charge is 0.343 e. The number of carbonyl (C=O) groups excluding carboxylic acids is 1. The van der Waals surface area contributed by atoms with Crippen LogP contribution in [0.3, 0.4) is 0 Å². The highest BCUT2D eigenvalue weighted by Gasteiger charge is 2.20. The van der Waals surface area contributed by atoms with Gasteiger partial charge in [-0.25, -0.2) is 14.3 Å². The zero-order valence-corrected chi connectivity index (χ0v) is 12.0. The zero-order valence-electron chi connectivity index (χ0n) is 12.0. The molecule has 7 heteroatoms. The Morgan fingerprint density at radius 1 is 1.43 bits per heavy atom. The van der Waals surface area contributed by atoms with Gasteiger partial charge in [0.2, 0.25) is 0 Å². The van der Waals surface area contributed by atoms with Crippen molar-refractivity contribution in [2.45, 2.75) is 20.4 Å². The fraction of sp³-hybridized carbons (Fsp3) is 0.286. The fourth-order valence-electron chi connectivity index (χ4n) is 2.41. The van der Waals surface area contributed by atoms with Gasteiger partial charge >= 0.3 is 5.97 Å². The standard InChI is InChI=1S/C14H14N4O3/c1-4-17-6-5-10-9(13(17)19)7-15-12-11(14(20)21-3)8(2)16-18(10)12/h5-7H,4H2,1-3H3. The number of aromatic nitrogens is 4. The Morgan fingerprint density at radius 3 is 2.86 bits per heavy atom. The average molecular weight is 286 g/mol. The highest BCUT2D eigenvalue weighted by atomic mass is 16.5. The van der Waals surface area contributed by atoms with Crippen LogP contribution in [0.15, 0.2) is 23.3 Å². The molecule has 0 bridgehead atoms. The molecule has 0 spiro atoms. The van der Waals surface area contributed by atoms with Crippen molar-refractivity contribution in [1.82, 2.24) is 19.2 Å². The summed E-state index contributed by atoms with van der Waals surface area (Å²) in [5.74, 6) is -0.490. The monoisotopic (exact) mass is 286 g/mol. The van der Waals surface area contributed by atoms with Gasteiger partial charge < -0.3 is 9.30 Å². The van der Waals surface area contributed by atoms with E-state index >= 15 is 0 Å². The molecule has 3 heterocycles. The Bertz CT molecular complexity index is 923. The number of rotatable bonds is 2. The summed E-state index contributed by atoms with van der Waals surface area (Å²) >= 11 is 0. The van der Waals surface area contributed by atoms with Crippen LogP contribution in [0.2, 0.25) is 0 Å². The molecule has 0 radical (unpaired) electrons. The SMILES string of the molecule is CCn1ccc2c(cnc3c(C(=O)OC)c(C)nn32)c1=O. The van der Waals surface area contributed by atoms with Crippen molar-refractivity contribution in [3.05, 3.63) is 40.1 Å². The predicted molar refractivity (Wildman–Crippen MR) is 76.5 cm³/mol. The third-order valence-corrected chi connectivity index (χ3v) is 3.49. The highest BCUT2D eigenvalue weighted by Crippen LogP contribution is 2.18. The van der Waals surface area contributed by atoms with Gasteiger partial charge in [0, 0.05) is 18.9 Å². The summed E-state index contributed by atoms with van der Waals surface area (Å²) in [5, 5.41) is 4.78. The molecule has 3 rings (SSSR count). The summed E-state index contributed by atoms with van der Waals surface area (Å²) in [6, 6.07) is 1.79. The molecule has 3 aromatic heterocycles. The number of pyridine rings is 1. The summed E-state index contributed by atoms with van der Waals surface area (Å²) in [7, 11) is 1.31. The Kier molecular flexibility index (Phi) is 2.97. The number of methoxy groups -OCH3 is 1. The number of esters is 1. The Hall–Kier alpha value is -2.70. The van der Waals surface area contributed by atoms with E-state index in [1.807, 2.05) is 6.92 Å². The summed E-state index contributed by atoms with van der Waals surface area (Å²) in [5.41, 5.74) is 1.71. The van der Waals surface area contributed by atoms with Crippen LogP contribution in [0, 0.1) is 6.92 Å². The molecule has 0 aliphatic heterocycles. The summed E-state index contributed by atoms with van der Waals surface area (Å²) in [6.45, 7) is 4.19. The topological polar surface area (TPSA) is 78.5 Å². The highest BCUT2D eigenvalue weighted by molar-refractivity contribution is 5.98. The van der Waals surface area contributed by atoms with Crippen molar-refractivity contribution in [3.63, 3.8) is 0 Å². The lowest BCUT2D eigenvalue weighted by Crippen LogP contribution is -2.19. The first-order valence-corrected chi connectivity index (χ1v) is 6.54. The Balaban J connectivity index is 2.44. The molecule has 0 unspecified atom stereocenters. The zero-order chi connectivity index (χ0) is 15.1. The van der Waals surface area contributed by atoms with Crippen LogP contribution in [0.4, 0.5) is 0 Å². The van der Waals surface area contributed by atoms with Crippen LogP contribution >= 0.6 is 0 Å². The molecular weight excluding hydrogens is 272 g/mol. The second-order valence-corrected chi connectivity index (χ2v) is 4.65. The van der Waals surface area contributed by atoms with E-state index in [-0.39, 0.29) is 5.56 Å². The second-order valence-electron chi connectivity index (χ2n) is 4.65. The second kappa shape index (κ2) is 4.69. The van der Waals surface area contributed by atoms with Gasteiger partial charge in [0.05, 0.1) is 23.7 Å². The number of hydrogen-bond acceptors (Lipinski definition) is 5. The largest absolute Gasteiger partial charge is 0.465 e. The van der Waals surface area contributed by atoms with E-state index in [0.717, 1.165) is 0 Å². The van der Waals surface area contributed by atoms with Crippen LogP contribution in [-0.4, -0.2) is 32.2 Å². The van der Waals surface area contributed by atoms with Crippen molar-refractivity contribution < 1.29 is 9.53 Å². The first-order chi connectivity index (χ1) is 10.1. The van der Waals surface area contributed by atoms with Gasteiger partial charge in [-0.1, -0.05) is 0 Å². The van der Waals surface area contributed by atoms with Crippen LogP contribution in [0.25, 0.3) is 16.6 Å². The first-order valence-electron chi connectivity index (χ1n) is 6.54. The number of carbonyl (C=O) groups is 1. The minimum Gasteiger partial charge on any atom is -0.465 e. The van der Waals surface area contributed by atoms with Crippen molar-refractivity contribution in [2.75, 3.05) is 7.11 Å². The quantitative estimate of drug-likeness (QED) is 0.660. The third-order valence-electron chi connectivity index (χ3n) is 3.49. The number of aryl methyl sites for hydroxylation is 2. The van der Waals surface area contributed by atoms with Crippen molar-refractivity contribution in [3.8, 4) is 0 Å². The molecule has 0 N–H and O–H groups in total. The minimum atomic E-state index is -0.490. The number of nitrogens with zero attached hydrogens (tertiary/aromatic N) is 4. The van der Waals surface area contributed by atoms with E-state index in [1.54, 1.807) is 23.8 Å². The number of hydrogen-bond donors (Lipinski definition) is 0. The predicted octanol–water partition coefficient (Wildman–Crippen LogP) is 1.16. The molecule has 0 saturated carbocycles. The lowest BCUT2D eigenvalue weighted by molar-refractivity contribution is 0.0602. The molecule has 21 heavy (non-hydrogen) atoms. The van der Waals surface area contributed by atoms with Crippen molar-refractivity contribution in [2.24, 2.45) is 0 Å². The molecule has 7 nitrogen and oxygen atoms in total. The van der Waals surface area contributed by atoms with Crippen molar-refractivity contribution in [1.29, 1.82) is 0 Å². The normalized spacial score (nSPS) is 11.2. The minimum absolute atomic E-state index is 0.128. The average Bonchev–Trinajstić information content (AvgIpc) is 2.83. The molecule has 3 aromatic rings. The van der Waals surface area contributed by atoms with Gasteiger partial charge in [-0.15, -0.1) is 0 Å². The van der Waals surface area contributed by atoms with E-state index in [9.17, 15) is 9.59 Å². The number of ether oxygens (including phenoxy) is 1. The molecule has 0 fully saturated rings. The summed E-state index contributed by atoms with van der Waals surface area (Å²) in [4.78, 5) is 28.3. The van der Waals surface area contributed by atoms with Crippen LogP contribution in [0.5, 0.6) is 0 Å². The van der Waals surface area contributed by atoms with Gasteiger partial charge in [0.1, 0.15) is 5.56 Å². The maximum absolute atomic E-state index is 12.3. The lowest BCUT2D eigenvalue weighted by atomic mass is 10.2. The van der Waals surface area contributed by atoms with Gasteiger partial charge in [0.15, 0.2) is 5.65 Å². The molecule has 0 aliphatic carbocycles. The van der Waals surface area contributed by atoms with Crippen LogP contribution in [-0.2, 0) is 11.3 Å². The molecule has 0 aliphatic rings.